The van der Waals surface area contributed by atoms with Crippen molar-refractivity contribution in [1.29, 1.82) is 0 Å². The van der Waals surface area contributed by atoms with E-state index in [0.717, 1.165) is 12.8 Å². The molecule has 0 aliphatic rings. The highest BCUT2D eigenvalue weighted by Crippen LogP contribution is 2.10. The lowest BCUT2D eigenvalue weighted by Gasteiger charge is -2.18. The minimum Gasteiger partial charge on any atom is -0.394 e. The van der Waals surface area contributed by atoms with Gasteiger partial charge in [0.25, 0.3) is 0 Å². The predicted octanol–water partition coefficient (Wildman–Crippen LogP) is 0.0318. The van der Waals surface area contributed by atoms with E-state index in [4.69, 9.17) is 10.2 Å². The van der Waals surface area contributed by atoms with Gasteiger partial charge in [-0.15, -0.1) is 0 Å². The highest BCUT2D eigenvalue weighted by atomic mass is 16.3. The van der Waals surface area contributed by atoms with Crippen LogP contribution in [0.1, 0.15) is 39.0 Å². The molecule has 0 aromatic heterocycles. The summed E-state index contributed by atoms with van der Waals surface area (Å²) in [4.78, 5) is 0. The molecule has 0 amide bonds. The molecule has 86 valence electrons. The topological polar surface area (TPSA) is 80.9 Å². The van der Waals surface area contributed by atoms with E-state index in [0.29, 0.717) is 19.3 Å². The van der Waals surface area contributed by atoms with Crippen molar-refractivity contribution in [3.8, 4) is 0 Å². The van der Waals surface area contributed by atoms with Gasteiger partial charge in [-0.2, -0.15) is 0 Å². The van der Waals surface area contributed by atoms with Crippen LogP contribution in [-0.2, 0) is 0 Å². The van der Waals surface area contributed by atoms with E-state index in [-0.39, 0.29) is 6.61 Å². The van der Waals surface area contributed by atoms with Crippen molar-refractivity contribution >= 4 is 0 Å². The van der Waals surface area contributed by atoms with E-state index >= 15 is 0 Å². The number of aliphatic hydroxyl groups is 4. The minimum absolute atomic E-state index is 0.294. The average molecular weight is 206 g/mol. The maximum atomic E-state index is 9.45. The van der Waals surface area contributed by atoms with Crippen LogP contribution >= 0.6 is 0 Å². The molecular formula is C10H22O4. The maximum Gasteiger partial charge on any atom is 0.0800 e. The van der Waals surface area contributed by atoms with Crippen LogP contribution < -0.4 is 0 Å². The summed E-state index contributed by atoms with van der Waals surface area (Å²) >= 11 is 0. The first kappa shape index (κ1) is 13.8. The van der Waals surface area contributed by atoms with Gasteiger partial charge in [-0.3, -0.25) is 0 Å². The molecular weight excluding hydrogens is 184 g/mol. The fraction of sp³-hybridized carbons (Fsp3) is 1.00. The molecule has 0 aromatic rings. The SMILES string of the molecule is CCCCC(O)C(O)CCC(O)CO. The molecule has 0 heterocycles. The summed E-state index contributed by atoms with van der Waals surface area (Å²) in [6, 6.07) is 0. The van der Waals surface area contributed by atoms with Crippen molar-refractivity contribution in [2.75, 3.05) is 6.61 Å². The Bertz CT molecular complexity index is 129. The zero-order valence-electron chi connectivity index (χ0n) is 8.76. The summed E-state index contributed by atoms with van der Waals surface area (Å²) in [6.45, 7) is 1.73. The lowest BCUT2D eigenvalue weighted by Crippen LogP contribution is -2.27. The predicted molar refractivity (Wildman–Crippen MR) is 53.9 cm³/mol. The Labute approximate surface area is 85.2 Å². The quantitative estimate of drug-likeness (QED) is 0.452. The summed E-state index contributed by atoms with van der Waals surface area (Å²) in [7, 11) is 0. The third kappa shape index (κ3) is 6.32. The number of unbranched alkanes of at least 4 members (excludes halogenated alkanes) is 1. The van der Waals surface area contributed by atoms with Crippen molar-refractivity contribution in [2.45, 2.75) is 57.3 Å². The van der Waals surface area contributed by atoms with E-state index in [1.54, 1.807) is 0 Å². The Balaban J connectivity index is 3.55. The molecule has 0 aromatic carbocycles. The van der Waals surface area contributed by atoms with Crippen LogP contribution in [0.5, 0.6) is 0 Å². The fourth-order valence-corrected chi connectivity index (χ4v) is 1.25. The van der Waals surface area contributed by atoms with Crippen LogP contribution in [-0.4, -0.2) is 45.3 Å². The molecule has 0 rings (SSSR count). The largest absolute Gasteiger partial charge is 0.394 e. The molecule has 4 nitrogen and oxygen atoms in total. The molecule has 0 fully saturated rings. The average Bonchev–Trinajstić information content (AvgIpc) is 2.21. The van der Waals surface area contributed by atoms with E-state index in [1.165, 1.54) is 0 Å². The molecule has 14 heavy (non-hydrogen) atoms. The number of rotatable bonds is 8. The minimum atomic E-state index is -0.789. The highest BCUT2D eigenvalue weighted by Gasteiger charge is 2.16. The highest BCUT2D eigenvalue weighted by molar-refractivity contribution is 4.68. The van der Waals surface area contributed by atoms with Crippen LogP contribution in [0.25, 0.3) is 0 Å². The van der Waals surface area contributed by atoms with E-state index in [1.807, 2.05) is 6.92 Å². The van der Waals surface area contributed by atoms with Gasteiger partial charge in [0.15, 0.2) is 0 Å². The second-order valence-corrected chi connectivity index (χ2v) is 3.69. The summed E-state index contributed by atoms with van der Waals surface area (Å²) < 4.78 is 0. The van der Waals surface area contributed by atoms with Gasteiger partial charge >= 0.3 is 0 Å². The monoisotopic (exact) mass is 206 g/mol. The van der Waals surface area contributed by atoms with Crippen molar-refractivity contribution in [2.24, 2.45) is 0 Å². The van der Waals surface area contributed by atoms with Crippen LogP contribution in [0, 0.1) is 0 Å². The number of hydrogen-bond acceptors (Lipinski definition) is 4. The fourth-order valence-electron chi connectivity index (χ4n) is 1.25. The van der Waals surface area contributed by atoms with E-state index < -0.39 is 18.3 Å². The summed E-state index contributed by atoms with van der Waals surface area (Å²) in [6.07, 6.45) is 0.830. The lowest BCUT2D eigenvalue weighted by atomic mass is 10.0. The summed E-state index contributed by atoms with van der Waals surface area (Å²) in [5, 5.41) is 36.4. The maximum absolute atomic E-state index is 9.45. The molecule has 3 unspecified atom stereocenters. The molecule has 0 saturated heterocycles. The van der Waals surface area contributed by atoms with Gasteiger partial charge in [0.05, 0.1) is 24.9 Å². The molecule has 0 saturated carbocycles. The Hall–Kier alpha value is -0.160. The Morgan fingerprint density at radius 1 is 0.929 bits per heavy atom. The smallest absolute Gasteiger partial charge is 0.0800 e. The van der Waals surface area contributed by atoms with Gasteiger partial charge < -0.3 is 20.4 Å². The van der Waals surface area contributed by atoms with E-state index in [9.17, 15) is 10.2 Å². The molecule has 4 heteroatoms. The second-order valence-electron chi connectivity index (χ2n) is 3.69. The van der Waals surface area contributed by atoms with Crippen LogP contribution in [0.3, 0.4) is 0 Å². The van der Waals surface area contributed by atoms with Crippen molar-refractivity contribution < 1.29 is 20.4 Å². The van der Waals surface area contributed by atoms with E-state index in [2.05, 4.69) is 0 Å². The van der Waals surface area contributed by atoms with Crippen LogP contribution in [0.2, 0.25) is 0 Å². The molecule has 4 N–H and O–H groups in total. The van der Waals surface area contributed by atoms with Gasteiger partial charge in [-0.1, -0.05) is 19.8 Å². The van der Waals surface area contributed by atoms with Gasteiger partial charge in [0, 0.05) is 0 Å². The number of aliphatic hydroxyl groups excluding tert-OH is 4. The second kappa shape index (κ2) is 8.17. The summed E-state index contributed by atoms with van der Waals surface area (Å²) in [5.41, 5.74) is 0. The number of hydrogen-bond donors (Lipinski definition) is 4. The molecule has 3 atom stereocenters. The molecule has 0 bridgehead atoms. The lowest BCUT2D eigenvalue weighted by molar-refractivity contribution is -0.00416. The standard InChI is InChI=1S/C10H22O4/c1-2-3-4-9(13)10(14)6-5-8(12)7-11/h8-14H,2-7H2,1H3. The molecule has 0 spiro atoms. The Morgan fingerprint density at radius 2 is 1.50 bits per heavy atom. The Kier molecular flexibility index (Phi) is 8.08. The first-order valence-corrected chi connectivity index (χ1v) is 5.26. The molecule has 0 aliphatic carbocycles. The van der Waals surface area contributed by atoms with Crippen molar-refractivity contribution in [3.05, 3.63) is 0 Å². The third-order valence-corrected chi connectivity index (χ3v) is 2.30. The van der Waals surface area contributed by atoms with Crippen molar-refractivity contribution in [1.82, 2.24) is 0 Å². The first-order valence-electron chi connectivity index (χ1n) is 5.26. The first-order chi connectivity index (χ1) is 6.61. The van der Waals surface area contributed by atoms with Crippen LogP contribution in [0.4, 0.5) is 0 Å². The molecule has 0 radical (unpaired) electrons. The van der Waals surface area contributed by atoms with Gasteiger partial charge in [-0.05, 0) is 19.3 Å². The Morgan fingerprint density at radius 3 is 2.00 bits per heavy atom. The van der Waals surface area contributed by atoms with Gasteiger partial charge in [0.2, 0.25) is 0 Å². The van der Waals surface area contributed by atoms with Crippen LogP contribution in [0.15, 0.2) is 0 Å². The van der Waals surface area contributed by atoms with Crippen molar-refractivity contribution in [3.63, 3.8) is 0 Å². The molecule has 0 aliphatic heterocycles. The zero-order valence-corrected chi connectivity index (χ0v) is 8.76. The van der Waals surface area contributed by atoms with Gasteiger partial charge in [-0.25, -0.2) is 0 Å². The summed E-state index contributed by atoms with van der Waals surface area (Å²) in [5.74, 6) is 0. The zero-order chi connectivity index (χ0) is 11.0. The third-order valence-electron chi connectivity index (χ3n) is 2.30. The normalized spacial score (nSPS) is 17.8. The van der Waals surface area contributed by atoms with Gasteiger partial charge in [0.1, 0.15) is 0 Å².